The summed E-state index contributed by atoms with van der Waals surface area (Å²) in [5.74, 6) is 1.01. The van der Waals surface area contributed by atoms with E-state index in [1.54, 1.807) is 30.6 Å². The molecule has 3 rings (SSSR count). The van der Waals surface area contributed by atoms with E-state index in [0.29, 0.717) is 11.5 Å². The molecular weight excluding hydrogens is 324 g/mol. The Bertz CT molecular complexity index is 691. The highest BCUT2D eigenvalue weighted by atomic mass is 32.1. The first kappa shape index (κ1) is 16.8. The van der Waals surface area contributed by atoms with Gasteiger partial charge in [-0.15, -0.1) is 11.3 Å². The fraction of sp³-hybridized carbons (Fsp3) is 0.444. The van der Waals surface area contributed by atoms with Crippen molar-refractivity contribution in [3.05, 3.63) is 39.8 Å². The van der Waals surface area contributed by atoms with Crippen LogP contribution < -0.4 is 14.8 Å². The summed E-state index contributed by atoms with van der Waals surface area (Å²) in [6, 6.07) is 7.19. The minimum absolute atomic E-state index is 0.0458. The molecule has 1 aromatic heterocycles. The van der Waals surface area contributed by atoms with Crippen molar-refractivity contribution < 1.29 is 14.3 Å². The highest BCUT2D eigenvalue weighted by molar-refractivity contribution is 7.11. The molecule has 1 aliphatic rings. The van der Waals surface area contributed by atoms with E-state index in [9.17, 15) is 4.79 Å². The molecule has 128 valence electrons. The van der Waals surface area contributed by atoms with Crippen LogP contribution in [0.4, 0.5) is 0 Å². The summed E-state index contributed by atoms with van der Waals surface area (Å²) in [5, 5.41) is 3.94. The number of nitrogens with zero attached hydrogens (tertiary/aromatic N) is 1. The third-order valence-electron chi connectivity index (χ3n) is 4.04. The summed E-state index contributed by atoms with van der Waals surface area (Å²) in [4.78, 5) is 18.2. The molecule has 1 amide bonds. The predicted octanol–water partition coefficient (Wildman–Crippen LogP) is 3.29. The minimum Gasteiger partial charge on any atom is -0.493 e. The topological polar surface area (TPSA) is 60.5 Å². The van der Waals surface area contributed by atoms with Gasteiger partial charge in [-0.05, 0) is 44.7 Å². The van der Waals surface area contributed by atoms with Crippen LogP contribution in [0.5, 0.6) is 11.5 Å². The monoisotopic (exact) mass is 346 g/mol. The van der Waals surface area contributed by atoms with Crippen LogP contribution in [0.15, 0.2) is 24.3 Å². The number of carbonyl (C=O) groups excluding carboxylic acids is 1. The Morgan fingerprint density at radius 2 is 2.04 bits per heavy atom. The average molecular weight is 346 g/mol. The van der Waals surface area contributed by atoms with Crippen LogP contribution in [0.1, 0.15) is 41.4 Å². The Balaban J connectivity index is 1.55. The van der Waals surface area contributed by atoms with Crippen LogP contribution in [0, 0.1) is 0 Å². The number of thiazole rings is 1. The summed E-state index contributed by atoms with van der Waals surface area (Å²) in [7, 11) is 1.58. The van der Waals surface area contributed by atoms with Crippen LogP contribution in [0.3, 0.4) is 0 Å². The van der Waals surface area contributed by atoms with Crippen molar-refractivity contribution in [2.75, 3.05) is 13.7 Å². The Hall–Kier alpha value is -2.08. The van der Waals surface area contributed by atoms with Crippen LogP contribution in [0.25, 0.3) is 0 Å². The molecule has 1 unspecified atom stereocenters. The van der Waals surface area contributed by atoms with E-state index in [4.69, 9.17) is 14.5 Å². The van der Waals surface area contributed by atoms with Crippen LogP contribution >= 0.6 is 11.3 Å². The van der Waals surface area contributed by atoms with Crippen molar-refractivity contribution in [3.8, 4) is 11.5 Å². The van der Waals surface area contributed by atoms with Crippen LogP contribution in [0.2, 0.25) is 0 Å². The van der Waals surface area contributed by atoms with E-state index in [1.165, 1.54) is 23.4 Å². The standard InChI is InChI=1S/C18H22N2O3S/c1-12(18-20-13-7-3-6-10-16(13)24-18)19-17(21)11-23-15-9-5-4-8-14(15)22-2/h4-5,8-9,12H,3,6-7,10-11H2,1-2H3,(H,19,21). The number of nitrogens with one attached hydrogen (secondary N) is 1. The molecule has 1 atom stereocenters. The molecule has 0 radical (unpaired) electrons. The number of benzene rings is 1. The van der Waals surface area contributed by atoms with Gasteiger partial charge in [-0.25, -0.2) is 4.98 Å². The van der Waals surface area contributed by atoms with Crippen molar-refractivity contribution in [1.82, 2.24) is 10.3 Å². The first-order valence-corrected chi connectivity index (χ1v) is 9.02. The number of rotatable bonds is 6. The van der Waals surface area contributed by atoms with Gasteiger partial charge in [-0.2, -0.15) is 0 Å². The van der Waals surface area contributed by atoms with E-state index in [2.05, 4.69) is 5.32 Å². The van der Waals surface area contributed by atoms with E-state index < -0.39 is 0 Å². The minimum atomic E-state index is -0.165. The SMILES string of the molecule is COc1ccccc1OCC(=O)NC(C)c1nc2c(s1)CCCC2. The zero-order valence-corrected chi connectivity index (χ0v) is 14.8. The van der Waals surface area contributed by atoms with Gasteiger partial charge in [0.05, 0.1) is 18.8 Å². The molecular formula is C18H22N2O3S. The molecule has 0 aliphatic heterocycles. The number of fused-ring (bicyclic) bond motifs is 1. The lowest BCUT2D eigenvalue weighted by atomic mass is 10.0. The second kappa shape index (κ2) is 7.66. The molecule has 0 bridgehead atoms. The maximum absolute atomic E-state index is 12.1. The molecule has 0 fully saturated rings. The average Bonchev–Trinajstić information content (AvgIpc) is 3.04. The summed E-state index contributed by atoms with van der Waals surface area (Å²) < 4.78 is 10.8. The van der Waals surface area contributed by atoms with Crippen molar-refractivity contribution in [2.24, 2.45) is 0 Å². The fourth-order valence-electron chi connectivity index (χ4n) is 2.78. The van der Waals surface area contributed by atoms with E-state index in [-0.39, 0.29) is 18.6 Å². The molecule has 0 saturated carbocycles. The van der Waals surface area contributed by atoms with Gasteiger partial charge >= 0.3 is 0 Å². The van der Waals surface area contributed by atoms with Gasteiger partial charge in [-0.1, -0.05) is 12.1 Å². The number of aryl methyl sites for hydroxylation is 2. The largest absolute Gasteiger partial charge is 0.493 e. The number of hydrogen-bond donors (Lipinski definition) is 1. The molecule has 24 heavy (non-hydrogen) atoms. The van der Waals surface area contributed by atoms with Gasteiger partial charge in [-0.3, -0.25) is 4.79 Å². The molecule has 1 N–H and O–H groups in total. The predicted molar refractivity (Wildman–Crippen MR) is 93.8 cm³/mol. The lowest BCUT2D eigenvalue weighted by Gasteiger charge is -2.13. The number of aromatic nitrogens is 1. The number of para-hydroxylation sites is 2. The van der Waals surface area contributed by atoms with Crippen LogP contribution in [-0.2, 0) is 17.6 Å². The smallest absolute Gasteiger partial charge is 0.258 e. The Kier molecular flexibility index (Phi) is 5.35. The molecule has 6 heteroatoms. The molecule has 1 aromatic carbocycles. The summed E-state index contributed by atoms with van der Waals surface area (Å²) in [5.41, 5.74) is 1.22. The number of amides is 1. The second-order valence-electron chi connectivity index (χ2n) is 5.86. The molecule has 5 nitrogen and oxygen atoms in total. The Labute approximate surface area is 146 Å². The fourth-order valence-corrected chi connectivity index (χ4v) is 3.94. The molecule has 1 heterocycles. The number of methoxy groups -OCH3 is 1. The van der Waals surface area contributed by atoms with Crippen molar-refractivity contribution >= 4 is 17.2 Å². The van der Waals surface area contributed by atoms with E-state index in [0.717, 1.165) is 17.8 Å². The highest BCUT2D eigenvalue weighted by Gasteiger charge is 2.19. The van der Waals surface area contributed by atoms with Gasteiger partial charge in [0.2, 0.25) is 0 Å². The first-order chi connectivity index (χ1) is 11.7. The van der Waals surface area contributed by atoms with Crippen LogP contribution in [-0.4, -0.2) is 24.6 Å². The van der Waals surface area contributed by atoms with Crippen molar-refractivity contribution in [2.45, 2.75) is 38.6 Å². The zero-order chi connectivity index (χ0) is 16.9. The number of ether oxygens (including phenoxy) is 2. The molecule has 0 spiro atoms. The lowest BCUT2D eigenvalue weighted by Crippen LogP contribution is -2.31. The van der Waals surface area contributed by atoms with E-state index in [1.807, 2.05) is 19.1 Å². The third-order valence-corrected chi connectivity index (χ3v) is 5.38. The van der Waals surface area contributed by atoms with Gasteiger partial charge < -0.3 is 14.8 Å². The van der Waals surface area contributed by atoms with Gasteiger partial charge in [0, 0.05) is 4.88 Å². The summed E-state index contributed by atoms with van der Waals surface area (Å²) in [6.45, 7) is 1.92. The summed E-state index contributed by atoms with van der Waals surface area (Å²) in [6.07, 6.45) is 4.62. The summed E-state index contributed by atoms with van der Waals surface area (Å²) >= 11 is 1.72. The maximum Gasteiger partial charge on any atom is 0.258 e. The lowest BCUT2D eigenvalue weighted by molar-refractivity contribution is -0.123. The van der Waals surface area contributed by atoms with Crippen molar-refractivity contribution in [3.63, 3.8) is 0 Å². The van der Waals surface area contributed by atoms with Crippen molar-refractivity contribution in [1.29, 1.82) is 0 Å². The zero-order valence-electron chi connectivity index (χ0n) is 14.0. The van der Waals surface area contributed by atoms with Gasteiger partial charge in [0.25, 0.3) is 5.91 Å². The van der Waals surface area contributed by atoms with E-state index >= 15 is 0 Å². The third kappa shape index (κ3) is 3.87. The number of carbonyl (C=O) groups is 1. The normalized spacial score (nSPS) is 14.6. The second-order valence-corrected chi connectivity index (χ2v) is 6.97. The highest BCUT2D eigenvalue weighted by Crippen LogP contribution is 2.30. The quantitative estimate of drug-likeness (QED) is 0.872. The Morgan fingerprint density at radius 3 is 2.79 bits per heavy atom. The maximum atomic E-state index is 12.1. The molecule has 0 saturated heterocycles. The molecule has 2 aromatic rings. The number of hydrogen-bond acceptors (Lipinski definition) is 5. The Morgan fingerprint density at radius 1 is 1.29 bits per heavy atom. The van der Waals surface area contributed by atoms with Gasteiger partial charge in [0.1, 0.15) is 5.01 Å². The first-order valence-electron chi connectivity index (χ1n) is 8.21. The molecule has 1 aliphatic carbocycles. The van der Waals surface area contributed by atoms with Gasteiger partial charge in [0.15, 0.2) is 18.1 Å².